The van der Waals surface area contributed by atoms with Crippen LogP contribution >= 0.6 is 0 Å². The molecule has 1 aromatic rings. The van der Waals surface area contributed by atoms with Crippen molar-refractivity contribution < 1.29 is 9.53 Å². The van der Waals surface area contributed by atoms with Gasteiger partial charge < -0.3 is 15.8 Å². The molecular weight excluding hydrogens is 254 g/mol. The lowest BCUT2D eigenvalue weighted by atomic mass is 10.0. The molecule has 0 heterocycles. The molecule has 1 unspecified atom stereocenters. The number of amides is 1. The van der Waals surface area contributed by atoms with Crippen molar-refractivity contribution in [2.24, 2.45) is 11.7 Å². The predicted octanol–water partition coefficient (Wildman–Crippen LogP) is 2.29. The van der Waals surface area contributed by atoms with Crippen molar-refractivity contribution >= 4 is 11.6 Å². The Bertz CT molecular complexity index is 468. The average molecular weight is 275 g/mol. The molecule has 0 bridgehead atoms. The van der Waals surface area contributed by atoms with Crippen molar-refractivity contribution in [2.45, 2.75) is 26.2 Å². The zero-order chi connectivity index (χ0) is 14.8. The Morgan fingerprint density at radius 3 is 3.00 bits per heavy atom. The molecule has 0 aromatic heterocycles. The molecule has 5 nitrogen and oxygen atoms in total. The van der Waals surface area contributed by atoms with Crippen molar-refractivity contribution in [3.8, 4) is 11.8 Å². The van der Waals surface area contributed by atoms with Crippen LogP contribution in [0.25, 0.3) is 0 Å². The maximum Gasteiger partial charge on any atom is 0.224 e. The van der Waals surface area contributed by atoms with E-state index in [0.717, 1.165) is 12.8 Å². The summed E-state index contributed by atoms with van der Waals surface area (Å²) in [6.45, 7) is 2.74. The zero-order valence-electron chi connectivity index (χ0n) is 11.8. The van der Waals surface area contributed by atoms with Gasteiger partial charge in [-0.15, -0.1) is 0 Å². The Kier molecular flexibility index (Phi) is 7.15. The largest absolute Gasteiger partial charge is 0.479 e. The first-order chi connectivity index (χ1) is 9.65. The third-order valence-corrected chi connectivity index (χ3v) is 2.94. The first-order valence-electron chi connectivity index (χ1n) is 6.75. The number of nitrogens with one attached hydrogen (secondary N) is 1. The number of benzene rings is 1. The van der Waals surface area contributed by atoms with Crippen molar-refractivity contribution in [2.75, 3.05) is 18.5 Å². The minimum Gasteiger partial charge on any atom is -0.479 e. The fourth-order valence-electron chi connectivity index (χ4n) is 1.81. The van der Waals surface area contributed by atoms with Gasteiger partial charge in [0.15, 0.2) is 6.61 Å². The summed E-state index contributed by atoms with van der Waals surface area (Å²) < 4.78 is 5.18. The van der Waals surface area contributed by atoms with Crippen LogP contribution in [-0.2, 0) is 4.79 Å². The van der Waals surface area contributed by atoms with Crippen molar-refractivity contribution in [1.82, 2.24) is 0 Å². The van der Waals surface area contributed by atoms with Gasteiger partial charge in [-0.1, -0.05) is 13.0 Å². The van der Waals surface area contributed by atoms with Crippen LogP contribution in [0.5, 0.6) is 5.75 Å². The summed E-state index contributed by atoms with van der Waals surface area (Å²) in [5.41, 5.74) is 6.16. The van der Waals surface area contributed by atoms with E-state index in [4.69, 9.17) is 15.7 Å². The van der Waals surface area contributed by atoms with Crippen LogP contribution in [0.1, 0.15) is 26.2 Å². The SMILES string of the molecule is CC(CCN)CCC(=O)Nc1cccc(OCC#N)c1. The molecule has 0 aliphatic heterocycles. The molecule has 0 spiro atoms. The molecule has 1 rings (SSSR count). The fourth-order valence-corrected chi connectivity index (χ4v) is 1.81. The number of hydrogen-bond acceptors (Lipinski definition) is 4. The Labute approximate surface area is 119 Å². The molecule has 1 amide bonds. The van der Waals surface area contributed by atoms with E-state index in [1.807, 2.05) is 6.07 Å². The minimum absolute atomic E-state index is 0.00595. The number of nitriles is 1. The van der Waals surface area contributed by atoms with Crippen molar-refractivity contribution in [3.63, 3.8) is 0 Å². The van der Waals surface area contributed by atoms with Gasteiger partial charge in [0.1, 0.15) is 11.8 Å². The molecule has 0 saturated carbocycles. The van der Waals surface area contributed by atoms with Gasteiger partial charge in [-0.3, -0.25) is 4.79 Å². The summed E-state index contributed by atoms with van der Waals surface area (Å²) in [5.74, 6) is 1.00. The van der Waals surface area contributed by atoms with E-state index in [1.54, 1.807) is 24.3 Å². The van der Waals surface area contributed by atoms with E-state index in [1.165, 1.54) is 0 Å². The van der Waals surface area contributed by atoms with Gasteiger partial charge in [0.05, 0.1) is 0 Å². The summed E-state index contributed by atoms with van der Waals surface area (Å²) in [4.78, 5) is 11.8. The molecule has 0 fully saturated rings. The average Bonchev–Trinajstić information content (AvgIpc) is 2.44. The highest BCUT2D eigenvalue weighted by Gasteiger charge is 2.07. The second-order valence-electron chi connectivity index (χ2n) is 4.74. The monoisotopic (exact) mass is 275 g/mol. The van der Waals surface area contributed by atoms with Crippen LogP contribution in [0, 0.1) is 17.2 Å². The van der Waals surface area contributed by atoms with E-state index < -0.39 is 0 Å². The molecule has 20 heavy (non-hydrogen) atoms. The van der Waals surface area contributed by atoms with Crippen LogP contribution in [0.4, 0.5) is 5.69 Å². The molecule has 3 N–H and O–H groups in total. The number of carbonyl (C=O) groups is 1. The standard InChI is InChI=1S/C15H21N3O2/c1-12(7-8-16)5-6-15(19)18-13-3-2-4-14(11-13)20-10-9-17/h2-4,11-12H,5-8,10,16H2,1H3,(H,18,19). The molecule has 5 heteroatoms. The zero-order valence-corrected chi connectivity index (χ0v) is 11.8. The maximum atomic E-state index is 11.8. The van der Waals surface area contributed by atoms with Crippen LogP contribution in [-0.4, -0.2) is 19.1 Å². The van der Waals surface area contributed by atoms with E-state index in [9.17, 15) is 4.79 Å². The van der Waals surface area contributed by atoms with Crippen molar-refractivity contribution in [1.29, 1.82) is 5.26 Å². The molecule has 1 atom stereocenters. The van der Waals surface area contributed by atoms with Gasteiger partial charge >= 0.3 is 0 Å². The molecule has 108 valence electrons. The number of rotatable bonds is 8. The van der Waals surface area contributed by atoms with Crippen LogP contribution in [0.15, 0.2) is 24.3 Å². The second-order valence-corrected chi connectivity index (χ2v) is 4.74. The normalized spacial score (nSPS) is 11.4. The molecule has 0 radical (unpaired) electrons. The highest BCUT2D eigenvalue weighted by atomic mass is 16.5. The first kappa shape index (κ1) is 16.0. The lowest BCUT2D eigenvalue weighted by Crippen LogP contribution is -2.14. The highest BCUT2D eigenvalue weighted by Crippen LogP contribution is 2.18. The number of nitrogens with two attached hydrogens (primary N) is 1. The van der Waals surface area contributed by atoms with Crippen LogP contribution in [0.3, 0.4) is 0 Å². The lowest BCUT2D eigenvalue weighted by Gasteiger charge is -2.10. The second kappa shape index (κ2) is 8.94. The van der Waals surface area contributed by atoms with E-state index in [-0.39, 0.29) is 12.5 Å². The predicted molar refractivity (Wildman–Crippen MR) is 78.2 cm³/mol. The van der Waals surface area contributed by atoms with Gasteiger partial charge in [-0.25, -0.2) is 0 Å². The van der Waals surface area contributed by atoms with Crippen LogP contribution < -0.4 is 15.8 Å². The maximum absolute atomic E-state index is 11.8. The highest BCUT2D eigenvalue weighted by molar-refractivity contribution is 5.90. The van der Waals surface area contributed by atoms with Gasteiger partial charge in [-0.2, -0.15) is 5.26 Å². The lowest BCUT2D eigenvalue weighted by molar-refractivity contribution is -0.116. The number of hydrogen-bond donors (Lipinski definition) is 2. The van der Waals surface area contributed by atoms with Gasteiger partial charge in [-0.05, 0) is 37.4 Å². The van der Waals surface area contributed by atoms with Crippen molar-refractivity contribution in [3.05, 3.63) is 24.3 Å². The molecule has 0 saturated heterocycles. The van der Waals surface area contributed by atoms with E-state index in [0.29, 0.717) is 30.3 Å². The molecule has 1 aromatic carbocycles. The Balaban J connectivity index is 2.43. The Morgan fingerprint density at radius 1 is 1.50 bits per heavy atom. The number of nitrogens with zero attached hydrogens (tertiary/aromatic N) is 1. The quantitative estimate of drug-likeness (QED) is 0.762. The van der Waals surface area contributed by atoms with Gasteiger partial charge in [0.25, 0.3) is 0 Å². The van der Waals surface area contributed by atoms with Gasteiger partial charge in [0, 0.05) is 18.2 Å². The van der Waals surface area contributed by atoms with Crippen LogP contribution in [0.2, 0.25) is 0 Å². The summed E-state index contributed by atoms with van der Waals surface area (Å²) in [5, 5.41) is 11.3. The Hall–Kier alpha value is -2.06. The topological polar surface area (TPSA) is 88.1 Å². The van der Waals surface area contributed by atoms with E-state index in [2.05, 4.69) is 12.2 Å². The molecule has 0 aliphatic rings. The number of ether oxygens (including phenoxy) is 1. The summed E-state index contributed by atoms with van der Waals surface area (Å²) >= 11 is 0. The van der Waals surface area contributed by atoms with E-state index >= 15 is 0 Å². The third kappa shape index (κ3) is 6.21. The number of anilines is 1. The number of carbonyl (C=O) groups excluding carboxylic acids is 1. The molecular formula is C15H21N3O2. The first-order valence-corrected chi connectivity index (χ1v) is 6.75. The minimum atomic E-state index is -0.0219. The smallest absolute Gasteiger partial charge is 0.224 e. The summed E-state index contributed by atoms with van der Waals surface area (Å²) in [7, 11) is 0. The fraction of sp³-hybridized carbons (Fsp3) is 0.467. The third-order valence-electron chi connectivity index (χ3n) is 2.94. The van der Waals surface area contributed by atoms with Gasteiger partial charge in [0.2, 0.25) is 5.91 Å². The summed E-state index contributed by atoms with van der Waals surface area (Å²) in [6, 6.07) is 8.92. The molecule has 0 aliphatic carbocycles. The summed E-state index contributed by atoms with van der Waals surface area (Å²) in [6.07, 6.45) is 2.24. The Morgan fingerprint density at radius 2 is 2.30 bits per heavy atom.